The van der Waals surface area contributed by atoms with E-state index in [9.17, 15) is 9.59 Å². The Kier molecular flexibility index (Phi) is 4.12. The number of halogens is 1. The van der Waals surface area contributed by atoms with E-state index in [1.54, 1.807) is 18.2 Å². The van der Waals surface area contributed by atoms with E-state index in [2.05, 4.69) is 10.3 Å². The lowest BCUT2D eigenvalue weighted by atomic mass is 10.0. The van der Waals surface area contributed by atoms with Gasteiger partial charge in [0.1, 0.15) is 11.1 Å². The van der Waals surface area contributed by atoms with Gasteiger partial charge < -0.3 is 4.42 Å². The molecule has 29 heavy (non-hydrogen) atoms. The molecule has 0 spiro atoms. The number of hydrogen-bond acceptors (Lipinski definition) is 5. The summed E-state index contributed by atoms with van der Waals surface area (Å²) in [5.74, 6) is -0.568. The molecule has 0 aliphatic carbocycles. The number of anilines is 1. The summed E-state index contributed by atoms with van der Waals surface area (Å²) in [6.45, 7) is 1.92. The predicted octanol–water partition coefficient (Wildman–Crippen LogP) is 5.77. The molecule has 5 nitrogen and oxygen atoms in total. The van der Waals surface area contributed by atoms with Crippen molar-refractivity contribution >= 4 is 65.9 Å². The summed E-state index contributed by atoms with van der Waals surface area (Å²) in [6.07, 6.45) is 0. The second kappa shape index (κ2) is 6.69. The Labute approximate surface area is 173 Å². The van der Waals surface area contributed by atoms with Crippen LogP contribution in [0.4, 0.5) is 5.13 Å². The molecule has 1 amide bonds. The summed E-state index contributed by atoms with van der Waals surface area (Å²) in [7, 11) is 0. The molecule has 0 radical (unpaired) electrons. The first kappa shape index (κ1) is 17.8. The Morgan fingerprint density at radius 3 is 2.76 bits per heavy atom. The standard InChI is InChI=1S/C22H13ClN2O3S/c1-11-6-8-16(23)19-18(11)24-22(29-19)25-20(26)15-10-14-13-5-3-2-4-12(13)7-9-17(14)28-21(15)27/h2-10H,1H3,(H,24,25,26). The zero-order chi connectivity index (χ0) is 20.1. The summed E-state index contributed by atoms with van der Waals surface area (Å²) >= 11 is 7.50. The van der Waals surface area contributed by atoms with Crippen molar-refractivity contribution in [1.82, 2.24) is 4.98 Å². The minimum absolute atomic E-state index is 0.0732. The van der Waals surface area contributed by atoms with Gasteiger partial charge in [-0.25, -0.2) is 9.78 Å². The Morgan fingerprint density at radius 2 is 1.93 bits per heavy atom. The molecule has 0 fully saturated rings. The van der Waals surface area contributed by atoms with E-state index in [0.29, 0.717) is 21.1 Å². The number of carbonyl (C=O) groups excluding carboxylic acids is 1. The molecule has 5 rings (SSSR count). The van der Waals surface area contributed by atoms with Crippen LogP contribution >= 0.6 is 22.9 Å². The second-order valence-electron chi connectivity index (χ2n) is 6.66. The van der Waals surface area contributed by atoms with E-state index < -0.39 is 11.5 Å². The lowest BCUT2D eigenvalue weighted by Crippen LogP contribution is -2.20. The van der Waals surface area contributed by atoms with E-state index >= 15 is 0 Å². The van der Waals surface area contributed by atoms with E-state index in [1.807, 2.05) is 43.3 Å². The van der Waals surface area contributed by atoms with Crippen molar-refractivity contribution in [2.45, 2.75) is 6.92 Å². The van der Waals surface area contributed by atoms with Crippen molar-refractivity contribution in [3.05, 3.63) is 81.2 Å². The predicted molar refractivity (Wildman–Crippen MR) is 117 cm³/mol. The molecule has 0 atom stereocenters. The lowest BCUT2D eigenvalue weighted by molar-refractivity contribution is 0.102. The highest BCUT2D eigenvalue weighted by Gasteiger charge is 2.18. The highest BCUT2D eigenvalue weighted by Crippen LogP contribution is 2.34. The van der Waals surface area contributed by atoms with Crippen LogP contribution in [0.25, 0.3) is 32.0 Å². The average Bonchev–Trinajstić information content (AvgIpc) is 3.15. The number of benzene rings is 3. The van der Waals surface area contributed by atoms with Gasteiger partial charge >= 0.3 is 5.63 Å². The van der Waals surface area contributed by atoms with Crippen LogP contribution in [-0.4, -0.2) is 10.9 Å². The van der Waals surface area contributed by atoms with Crippen LogP contribution in [0, 0.1) is 6.92 Å². The smallest absolute Gasteiger partial charge is 0.349 e. The number of carbonyl (C=O) groups is 1. The maximum absolute atomic E-state index is 12.8. The van der Waals surface area contributed by atoms with Gasteiger partial charge in [0, 0.05) is 5.39 Å². The van der Waals surface area contributed by atoms with Gasteiger partial charge in [0.2, 0.25) is 0 Å². The van der Waals surface area contributed by atoms with Crippen molar-refractivity contribution in [2.75, 3.05) is 5.32 Å². The van der Waals surface area contributed by atoms with Gasteiger partial charge in [0.25, 0.3) is 5.91 Å². The average molecular weight is 421 g/mol. The third-order valence-electron chi connectivity index (χ3n) is 4.80. The van der Waals surface area contributed by atoms with Gasteiger partial charge in [-0.15, -0.1) is 0 Å². The number of hydrogen-bond donors (Lipinski definition) is 1. The lowest BCUT2D eigenvalue weighted by Gasteiger charge is -2.05. The third-order valence-corrected chi connectivity index (χ3v) is 6.24. The normalized spacial score (nSPS) is 11.4. The van der Waals surface area contributed by atoms with Crippen LogP contribution < -0.4 is 10.9 Å². The van der Waals surface area contributed by atoms with Crippen molar-refractivity contribution in [3.8, 4) is 0 Å². The molecule has 3 aromatic carbocycles. The SMILES string of the molecule is Cc1ccc(Cl)c2sc(NC(=O)c3cc4c(ccc5ccccc54)oc3=O)nc12. The summed E-state index contributed by atoms with van der Waals surface area (Å²) in [5, 5.41) is 6.26. The van der Waals surface area contributed by atoms with Crippen molar-refractivity contribution in [2.24, 2.45) is 0 Å². The van der Waals surface area contributed by atoms with E-state index in [-0.39, 0.29) is 5.56 Å². The van der Waals surface area contributed by atoms with Crippen LogP contribution in [-0.2, 0) is 0 Å². The molecule has 7 heteroatoms. The first-order chi connectivity index (χ1) is 14.0. The highest BCUT2D eigenvalue weighted by molar-refractivity contribution is 7.23. The molecule has 0 unspecified atom stereocenters. The zero-order valence-electron chi connectivity index (χ0n) is 15.2. The summed E-state index contributed by atoms with van der Waals surface area (Å²) in [6, 6.07) is 16.6. The van der Waals surface area contributed by atoms with Crippen LogP contribution in [0.2, 0.25) is 5.02 Å². The first-order valence-corrected chi connectivity index (χ1v) is 10.0. The molecule has 2 heterocycles. The second-order valence-corrected chi connectivity index (χ2v) is 8.07. The fourth-order valence-corrected chi connectivity index (χ4v) is 4.56. The van der Waals surface area contributed by atoms with Gasteiger partial charge in [-0.2, -0.15) is 0 Å². The quantitative estimate of drug-likeness (QED) is 0.290. The van der Waals surface area contributed by atoms with Gasteiger partial charge in [0.05, 0.1) is 15.2 Å². The first-order valence-electron chi connectivity index (χ1n) is 8.84. The van der Waals surface area contributed by atoms with Crippen LogP contribution in [0.3, 0.4) is 0 Å². The Bertz CT molecular complexity index is 1460. The van der Waals surface area contributed by atoms with Gasteiger partial charge in [0.15, 0.2) is 5.13 Å². The molecule has 0 bridgehead atoms. The maximum Gasteiger partial charge on any atom is 0.349 e. The molecule has 1 N–H and O–H groups in total. The number of amides is 1. The van der Waals surface area contributed by atoms with Crippen molar-refractivity contribution in [1.29, 1.82) is 0 Å². The van der Waals surface area contributed by atoms with Crippen LogP contribution in [0.15, 0.2) is 63.8 Å². The fraction of sp³-hybridized carbons (Fsp3) is 0.0455. The number of nitrogens with one attached hydrogen (secondary N) is 1. The number of thiazole rings is 1. The van der Waals surface area contributed by atoms with Crippen LogP contribution in [0.5, 0.6) is 0 Å². The Morgan fingerprint density at radius 1 is 1.10 bits per heavy atom. The molecule has 142 valence electrons. The number of nitrogens with zero attached hydrogens (tertiary/aromatic N) is 1. The summed E-state index contributed by atoms with van der Waals surface area (Å²) < 4.78 is 6.19. The number of aryl methyl sites for hydroxylation is 1. The van der Waals surface area contributed by atoms with E-state index in [0.717, 1.165) is 26.6 Å². The van der Waals surface area contributed by atoms with Gasteiger partial charge in [-0.1, -0.05) is 59.3 Å². The molecule has 5 aromatic rings. The molecule has 0 aliphatic rings. The Hall–Kier alpha value is -3.22. The minimum atomic E-state index is -0.694. The minimum Gasteiger partial charge on any atom is -0.422 e. The molecular formula is C22H13ClN2O3S. The van der Waals surface area contributed by atoms with Crippen molar-refractivity contribution < 1.29 is 9.21 Å². The van der Waals surface area contributed by atoms with E-state index in [4.69, 9.17) is 16.0 Å². The highest BCUT2D eigenvalue weighted by atomic mass is 35.5. The number of aromatic nitrogens is 1. The Balaban J connectivity index is 1.60. The topological polar surface area (TPSA) is 72.2 Å². The maximum atomic E-state index is 12.8. The molecular weight excluding hydrogens is 408 g/mol. The van der Waals surface area contributed by atoms with Gasteiger partial charge in [-0.05, 0) is 41.5 Å². The number of fused-ring (bicyclic) bond motifs is 4. The van der Waals surface area contributed by atoms with E-state index in [1.165, 1.54) is 11.3 Å². The van der Waals surface area contributed by atoms with Crippen molar-refractivity contribution in [3.63, 3.8) is 0 Å². The third kappa shape index (κ3) is 2.97. The summed E-state index contributed by atoms with van der Waals surface area (Å²) in [5.41, 5.74) is 1.36. The zero-order valence-corrected chi connectivity index (χ0v) is 16.7. The largest absolute Gasteiger partial charge is 0.422 e. The van der Waals surface area contributed by atoms with Gasteiger partial charge in [-0.3, -0.25) is 10.1 Å². The monoisotopic (exact) mass is 420 g/mol. The fourth-order valence-electron chi connectivity index (χ4n) is 3.35. The van der Waals surface area contributed by atoms with Crippen LogP contribution in [0.1, 0.15) is 15.9 Å². The number of rotatable bonds is 2. The molecule has 0 aliphatic heterocycles. The molecule has 2 aromatic heterocycles. The molecule has 0 saturated carbocycles. The summed E-state index contributed by atoms with van der Waals surface area (Å²) in [4.78, 5) is 29.7. The molecule has 0 saturated heterocycles.